The van der Waals surface area contributed by atoms with Gasteiger partial charge in [-0.05, 0) is 61.9 Å². The minimum atomic E-state index is -3.42. The molecule has 5 rings (SSSR count). The number of aliphatic hydroxyl groups is 1. The van der Waals surface area contributed by atoms with E-state index in [1.165, 1.54) is 7.11 Å². The molecular formula is C34H49ClN4O7S. The summed E-state index contributed by atoms with van der Waals surface area (Å²) in [6.45, 7) is 4.71. The summed E-state index contributed by atoms with van der Waals surface area (Å²) >= 11 is 0. The number of anilines is 1. The van der Waals surface area contributed by atoms with Crippen LogP contribution in [0, 0.1) is 0 Å². The molecule has 260 valence electrons. The maximum Gasteiger partial charge on any atom is 0.246 e. The lowest BCUT2D eigenvalue weighted by Crippen LogP contribution is -2.73. The topological polar surface area (TPSA) is 138 Å². The Labute approximate surface area is 284 Å². The van der Waals surface area contributed by atoms with Crippen LogP contribution in [0.2, 0.25) is 0 Å². The summed E-state index contributed by atoms with van der Waals surface area (Å²) in [5, 5.41) is 14.2. The van der Waals surface area contributed by atoms with Gasteiger partial charge in [0.05, 0.1) is 24.7 Å². The summed E-state index contributed by atoms with van der Waals surface area (Å²) in [4.78, 5) is 31.8. The van der Waals surface area contributed by atoms with Crippen molar-refractivity contribution in [2.45, 2.75) is 94.9 Å². The maximum absolute atomic E-state index is 13.9. The largest absolute Gasteiger partial charge is 0.493 e. The number of hydrogen-bond donors (Lipinski definition) is 3. The van der Waals surface area contributed by atoms with E-state index in [4.69, 9.17) is 9.47 Å². The molecule has 11 nitrogen and oxygen atoms in total. The molecule has 1 saturated carbocycles. The summed E-state index contributed by atoms with van der Waals surface area (Å²) in [5.74, 6) is 1.34. The minimum Gasteiger partial charge on any atom is -0.493 e. The second-order valence-corrected chi connectivity index (χ2v) is 14.9. The van der Waals surface area contributed by atoms with Gasteiger partial charge in [0.1, 0.15) is 17.3 Å². The maximum atomic E-state index is 13.9. The van der Waals surface area contributed by atoms with Crippen molar-refractivity contribution < 1.29 is 32.6 Å². The molecule has 2 aliphatic heterocycles. The number of methoxy groups -OCH3 is 1. The Morgan fingerprint density at radius 2 is 1.68 bits per heavy atom. The Morgan fingerprint density at radius 3 is 2.30 bits per heavy atom. The van der Waals surface area contributed by atoms with E-state index >= 15 is 0 Å². The van der Waals surface area contributed by atoms with Crippen LogP contribution in [-0.2, 0) is 26.2 Å². The molecule has 0 aromatic heterocycles. The van der Waals surface area contributed by atoms with E-state index in [1.807, 2.05) is 29.2 Å². The molecule has 2 heterocycles. The molecule has 47 heavy (non-hydrogen) atoms. The average Bonchev–Trinajstić information content (AvgIpc) is 3.02. The van der Waals surface area contributed by atoms with Crippen molar-refractivity contribution in [2.24, 2.45) is 0 Å². The van der Waals surface area contributed by atoms with Gasteiger partial charge in [-0.2, -0.15) is 0 Å². The van der Waals surface area contributed by atoms with Crippen LogP contribution >= 0.6 is 12.4 Å². The Morgan fingerprint density at radius 1 is 1.00 bits per heavy atom. The number of hydrogen-bond acceptors (Lipinski definition) is 8. The highest BCUT2D eigenvalue weighted by molar-refractivity contribution is 7.92. The molecule has 1 aliphatic carbocycles. The van der Waals surface area contributed by atoms with Gasteiger partial charge < -0.3 is 24.8 Å². The Kier molecular flexibility index (Phi) is 12.1. The zero-order valence-electron chi connectivity index (χ0n) is 27.6. The predicted molar refractivity (Wildman–Crippen MR) is 184 cm³/mol. The number of piperidine rings is 1. The van der Waals surface area contributed by atoms with Crippen LogP contribution in [-0.4, -0.2) is 85.3 Å². The van der Waals surface area contributed by atoms with Gasteiger partial charge in [-0.3, -0.25) is 19.2 Å². The second kappa shape index (κ2) is 15.4. The summed E-state index contributed by atoms with van der Waals surface area (Å²) in [7, 11) is -1.92. The zero-order chi connectivity index (χ0) is 33.0. The van der Waals surface area contributed by atoms with Crippen molar-refractivity contribution in [2.75, 3.05) is 37.7 Å². The van der Waals surface area contributed by atoms with Crippen LogP contribution < -0.4 is 19.5 Å². The molecule has 2 aromatic carbocycles. The van der Waals surface area contributed by atoms with Crippen LogP contribution in [0.4, 0.5) is 5.69 Å². The number of carbonyl (C=O) groups excluding carboxylic acids is 2. The number of likely N-dealkylation sites (tertiary alicyclic amines) is 1. The van der Waals surface area contributed by atoms with Gasteiger partial charge in [-0.1, -0.05) is 44.7 Å². The highest BCUT2D eigenvalue weighted by Crippen LogP contribution is 2.38. The molecule has 0 unspecified atom stereocenters. The number of rotatable bonds is 12. The number of benzene rings is 2. The quantitative estimate of drug-likeness (QED) is 0.288. The molecule has 1 spiro atoms. The van der Waals surface area contributed by atoms with E-state index in [9.17, 15) is 23.1 Å². The molecule has 3 aliphatic rings. The lowest BCUT2D eigenvalue weighted by Gasteiger charge is -2.52. The SMILES string of the molecule is CCCCN1C(=O)[C@@H](CC2(O)CCCCC2)NC(=O)C12CCN(Cc1ccc(Oc3ccc(NS(C)(=O)=O)cc3OC)cc1)CC2.Cl. The number of nitrogens with zero attached hydrogens (tertiary/aromatic N) is 2. The van der Waals surface area contributed by atoms with Gasteiger partial charge in [-0.15, -0.1) is 12.4 Å². The lowest BCUT2D eigenvalue weighted by molar-refractivity contribution is -0.163. The highest BCUT2D eigenvalue weighted by atomic mass is 35.5. The number of ether oxygens (including phenoxy) is 2. The first kappa shape index (κ1) is 36.8. The molecule has 0 bridgehead atoms. The van der Waals surface area contributed by atoms with Crippen molar-refractivity contribution >= 4 is 39.9 Å². The van der Waals surface area contributed by atoms with E-state index in [0.29, 0.717) is 81.2 Å². The van der Waals surface area contributed by atoms with Crippen molar-refractivity contribution in [1.82, 2.24) is 15.1 Å². The van der Waals surface area contributed by atoms with Gasteiger partial charge in [0.2, 0.25) is 21.8 Å². The summed E-state index contributed by atoms with van der Waals surface area (Å²) in [6.07, 6.45) is 8.65. The third-order valence-electron chi connectivity index (χ3n) is 9.62. The standard InChI is InChI=1S/C34H48N4O7S.ClH/c1-4-5-19-38-31(39)28(23-33(41)15-7-6-8-16-33)35-32(40)34(38)17-20-37(21-18-34)24-25-9-12-27(13-10-25)45-29-14-11-26(22-30(29)44-2)36-46(3,42)43;/h9-14,22,28,36,41H,4-8,15-21,23-24H2,1-3H3,(H,35,40);1H/t28-;/m1./s1. The number of carbonyl (C=O) groups is 2. The molecule has 13 heteroatoms. The van der Waals surface area contributed by atoms with Gasteiger partial charge in [0.25, 0.3) is 0 Å². The van der Waals surface area contributed by atoms with Crippen LogP contribution in [0.1, 0.15) is 76.7 Å². The van der Waals surface area contributed by atoms with E-state index in [-0.39, 0.29) is 24.2 Å². The third kappa shape index (κ3) is 8.90. The smallest absolute Gasteiger partial charge is 0.246 e. The van der Waals surface area contributed by atoms with Crippen molar-refractivity contribution in [1.29, 1.82) is 0 Å². The van der Waals surface area contributed by atoms with Crippen LogP contribution in [0.3, 0.4) is 0 Å². The summed E-state index contributed by atoms with van der Waals surface area (Å²) < 4.78 is 37.0. The first-order valence-electron chi connectivity index (χ1n) is 16.4. The Bertz CT molecular complexity index is 1490. The van der Waals surface area contributed by atoms with Crippen molar-refractivity contribution in [3.63, 3.8) is 0 Å². The highest BCUT2D eigenvalue weighted by Gasteiger charge is 2.54. The summed E-state index contributed by atoms with van der Waals surface area (Å²) in [6, 6.07) is 11.9. The number of unbranched alkanes of at least 4 members (excludes halogenated alkanes) is 1. The van der Waals surface area contributed by atoms with Crippen LogP contribution in [0.5, 0.6) is 17.2 Å². The molecule has 2 saturated heterocycles. The summed E-state index contributed by atoms with van der Waals surface area (Å²) in [5.41, 5.74) is -0.259. The molecule has 0 radical (unpaired) electrons. The van der Waals surface area contributed by atoms with Crippen LogP contribution in [0.15, 0.2) is 42.5 Å². The number of nitrogens with one attached hydrogen (secondary N) is 2. The van der Waals surface area contributed by atoms with E-state index in [0.717, 1.165) is 43.9 Å². The molecule has 2 aromatic rings. The molecule has 3 fully saturated rings. The van der Waals surface area contributed by atoms with E-state index < -0.39 is 27.2 Å². The number of sulfonamides is 1. The van der Waals surface area contributed by atoms with Crippen molar-refractivity contribution in [3.05, 3.63) is 48.0 Å². The fourth-order valence-electron chi connectivity index (χ4n) is 7.10. The first-order valence-corrected chi connectivity index (χ1v) is 18.3. The predicted octanol–water partition coefficient (Wildman–Crippen LogP) is 4.83. The fourth-order valence-corrected chi connectivity index (χ4v) is 7.66. The Balaban J connectivity index is 0.00000500. The Hall–Kier alpha value is -3.06. The van der Waals surface area contributed by atoms with Crippen molar-refractivity contribution in [3.8, 4) is 17.2 Å². The van der Waals surface area contributed by atoms with Gasteiger partial charge in [-0.25, -0.2) is 8.42 Å². The van der Waals surface area contributed by atoms with E-state index in [2.05, 4.69) is 21.9 Å². The van der Waals surface area contributed by atoms with E-state index in [1.54, 1.807) is 18.2 Å². The fraction of sp³-hybridized carbons (Fsp3) is 0.588. The number of halogens is 1. The monoisotopic (exact) mass is 692 g/mol. The molecular weight excluding hydrogens is 644 g/mol. The second-order valence-electron chi connectivity index (χ2n) is 13.2. The molecule has 3 N–H and O–H groups in total. The van der Waals surface area contributed by atoms with Gasteiger partial charge >= 0.3 is 0 Å². The van der Waals surface area contributed by atoms with Crippen LogP contribution in [0.25, 0.3) is 0 Å². The normalized spacial score (nSPS) is 21.1. The zero-order valence-corrected chi connectivity index (χ0v) is 29.3. The third-order valence-corrected chi connectivity index (χ3v) is 10.2. The van der Waals surface area contributed by atoms with Gasteiger partial charge in [0, 0.05) is 38.7 Å². The number of amides is 2. The first-order chi connectivity index (χ1) is 21.9. The lowest BCUT2D eigenvalue weighted by atomic mass is 9.77. The molecule has 1 atom stereocenters. The average molecular weight is 693 g/mol. The van der Waals surface area contributed by atoms with Gasteiger partial charge in [0.15, 0.2) is 11.5 Å². The molecule has 2 amide bonds. The number of piperazine rings is 1. The minimum absolute atomic E-state index is 0.